The zero-order chi connectivity index (χ0) is 10.8. The highest BCUT2D eigenvalue weighted by Gasteiger charge is 2.27. The Morgan fingerprint density at radius 2 is 2.33 bits per heavy atom. The van der Waals surface area contributed by atoms with Gasteiger partial charge in [-0.15, -0.1) is 4.72 Å². The first-order valence-corrected chi connectivity index (χ1v) is 6.35. The van der Waals surface area contributed by atoms with Gasteiger partial charge in [0.05, 0.1) is 12.2 Å². The van der Waals surface area contributed by atoms with Crippen LogP contribution in [0.4, 0.5) is 5.69 Å². The Labute approximate surface area is 93.9 Å². The lowest BCUT2D eigenvalue weighted by Crippen LogP contribution is -2.37. The van der Waals surface area contributed by atoms with Crippen LogP contribution in [0, 0.1) is 0 Å². The van der Waals surface area contributed by atoms with Crippen molar-refractivity contribution < 1.29 is 4.55 Å². The second kappa shape index (κ2) is 4.43. The smallest absolute Gasteiger partial charge is 0.165 e. The molecule has 1 heterocycles. The van der Waals surface area contributed by atoms with E-state index in [9.17, 15) is 4.55 Å². The Balaban J connectivity index is 2.28. The van der Waals surface area contributed by atoms with Crippen molar-refractivity contribution in [2.45, 2.75) is 19.8 Å². The molecule has 1 N–H and O–H groups in total. The van der Waals surface area contributed by atoms with E-state index in [1.165, 1.54) is 11.1 Å². The normalized spacial score (nSPS) is 16.6. The molecule has 1 atom stereocenters. The minimum absolute atomic E-state index is 0.843. The largest absolute Gasteiger partial charge is 0.573 e. The molecule has 82 valence electrons. The summed E-state index contributed by atoms with van der Waals surface area (Å²) in [4.78, 5) is 0. The third-order valence-electron chi connectivity index (χ3n) is 2.78. The van der Waals surface area contributed by atoms with E-state index in [1.807, 2.05) is 4.31 Å². The molecule has 0 spiro atoms. The first kappa shape index (κ1) is 10.8. The van der Waals surface area contributed by atoms with Gasteiger partial charge in [-0.3, -0.25) is 0 Å². The summed E-state index contributed by atoms with van der Waals surface area (Å²) in [6.45, 7) is 3.00. The van der Waals surface area contributed by atoms with Crippen molar-refractivity contribution in [2.24, 2.45) is 0 Å². The van der Waals surface area contributed by atoms with Crippen LogP contribution in [0.5, 0.6) is 0 Å². The first-order chi connectivity index (χ1) is 7.26. The number of benzene rings is 1. The monoisotopic (exact) mass is 224 g/mol. The van der Waals surface area contributed by atoms with Crippen molar-refractivity contribution in [1.82, 2.24) is 4.72 Å². The maximum atomic E-state index is 11.7. The fourth-order valence-electron chi connectivity index (χ4n) is 1.93. The minimum Gasteiger partial charge on any atom is -0.573 e. The van der Waals surface area contributed by atoms with E-state index in [1.54, 1.807) is 7.05 Å². The van der Waals surface area contributed by atoms with E-state index in [0.29, 0.717) is 0 Å². The van der Waals surface area contributed by atoms with Gasteiger partial charge >= 0.3 is 0 Å². The predicted octanol–water partition coefficient (Wildman–Crippen LogP) is 1.41. The number of nitrogens with zero attached hydrogens (tertiary/aromatic N) is 1. The van der Waals surface area contributed by atoms with E-state index in [-0.39, 0.29) is 0 Å². The molecule has 2 rings (SSSR count). The average molecular weight is 224 g/mol. The van der Waals surface area contributed by atoms with Crippen LogP contribution in [0.2, 0.25) is 0 Å². The fraction of sp³-hybridized carbons (Fsp3) is 0.455. The van der Waals surface area contributed by atoms with E-state index >= 15 is 0 Å². The summed E-state index contributed by atoms with van der Waals surface area (Å²) < 4.78 is 16.3. The average Bonchev–Trinajstić information content (AvgIpc) is 2.70. The Morgan fingerprint density at radius 1 is 1.53 bits per heavy atom. The molecule has 1 aromatic rings. The van der Waals surface area contributed by atoms with Crippen molar-refractivity contribution in [3.63, 3.8) is 0 Å². The summed E-state index contributed by atoms with van der Waals surface area (Å²) in [6, 6.07) is 6.42. The Morgan fingerprint density at radius 3 is 3.00 bits per heavy atom. The molecule has 4 heteroatoms. The van der Waals surface area contributed by atoms with Crippen molar-refractivity contribution in [3.05, 3.63) is 29.3 Å². The second-order valence-electron chi connectivity index (χ2n) is 3.62. The number of hydrogen-bond donors (Lipinski definition) is 1. The van der Waals surface area contributed by atoms with Gasteiger partial charge in [0.15, 0.2) is 11.5 Å². The topological polar surface area (TPSA) is 38.3 Å². The Bertz CT molecular complexity index is 356. The number of anilines is 1. The maximum Gasteiger partial charge on any atom is 0.165 e. The van der Waals surface area contributed by atoms with E-state index in [2.05, 4.69) is 29.8 Å². The van der Waals surface area contributed by atoms with Crippen LogP contribution in [0.15, 0.2) is 18.2 Å². The molecule has 0 aliphatic carbocycles. The third-order valence-corrected chi connectivity index (χ3v) is 3.91. The van der Waals surface area contributed by atoms with Gasteiger partial charge in [-0.25, -0.2) is 0 Å². The number of hydrogen-bond acceptors (Lipinski definition) is 3. The van der Waals surface area contributed by atoms with Crippen LogP contribution in [0.3, 0.4) is 0 Å². The standard InChI is InChI=1S/C11H16N2OS/c1-3-9-4-5-11-10(8-9)6-7-13(11)15(14)12-2/h4-5,8,12H,3,6-7H2,1-2H3. The molecule has 0 radical (unpaired) electrons. The number of rotatable bonds is 3. The molecule has 1 aromatic carbocycles. The van der Waals surface area contributed by atoms with Gasteiger partial charge in [-0.05, 0) is 30.0 Å². The maximum absolute atomic E-state index is 11.7. The first-order valence-electron chi connectivity index (χ1n) is 5.25. The summed E-state index contributed by atoms with van der Waals surface area (Å²) in [6.07, 6.45) is 2.05. The molecule has 0 fully saturated rings. The fourth-order valence-corrected chi connectivity index (χ4v) is 2.76. The molecule has 15 heavy (non-hydrogen) atoms. The van der Waals surface area contributed by atoms with Crippen LogP contribution >= 0.6 is 0 Å². The van der Waals surface area contributed by atoms with Gasteiger partial charge in [-0.1, -0.05) is 19.1 Å². The quantitative estimate of drug-likeness (QED) is 0.789. The van der Waals surface area contributed by atoms with Crippen molar-refractivity contribution in [2.75, 3.05) is 17.9 Å². The molecule has 0 aromatic heterocycles. The van der Waals surface area contributed by atoms with E-state index < -0.39 is 11.5 Å². The molecule has 3 nitrogen and oxygen atoms in total. The van der Waals surface area contributed by atoms with Crippen molar-refractivity contribution in [3.8, 4) is 0 Å². The summed E-state index contributed by atoms with van der Waals surface area (Å²) in [7, 11) is 1.72. The molecular formula is C11H16N2OS. The zero-order valence-corrected chi connectivity index (χ0v) is 9.93. The molecule has 0 saturated carbocycles. The van der Waals surface area contributed by atoms with Crippen LogP contribution in [0.1, 0.15) is 18.1 Å². The number of aryl methyl sites for hydroxylation is 1. The zero-order valence-electron chi connectivity index (χ0n) is 9.12. The van der Waals surface area contributed by atoms with Gasteiger partial charge in [0, 0.05) is 7.05 Å². The van der Waals surface area contributed by atoms with E-state index in [4.69, 9.17) is 0 Å². The number of nitrogens with one attached hydrogen (secondary N) is 1. The van der Waals surface area contributed by atoms with Gasteiger partial charge < -0.3 is 4.55 Å². The highest BCUT2D eigenvalue weighted by molar-refractivity contribution is 7.90. The van der Waals surface area contributed by atoms with Crippen LogP contribution in [0.25, 0.3) is 0 Å². The molecule has 1 aliphatic heterocycles. The molecule has 1 unspecified atom stereocenters. The highest BCUT2D eigenvalue weighted by atomic mass is 32.2. The molecule has 0 bridgehead atoms. The lowest BCUT2D eigenvalue weighted by Gasteiger charge is -2.19. The lowest BCUT2D eigenvalue weighted by atomic mass is 10.1. The Hall–Kier alpha value is -0.710. The number of fused-ring (bicyclic) bond motifs is 1. The summed E-state index contributed by atoms with van der Waals surface area (Å²) >= 11 is -1.09. The molecule has 0 saturated heterocycles. The summed E-state index contributed by atoms with van der Waals surface area (Å²) in [5, 5.41) is 0. The van der Waals surface area contributed by atoms with Crippen LogP contribution in [-0.2, 0) is 24.4 Å². The summed E-state index contributed by atoms with van der Waals surface area (Å²) in [5.74, 6) is 0. The van der Waals surface area contributed by atoms with Gasteiger partial charge in [0.2, 0.25) is 0 Å². The van der Waals surface area contributed by atoms with Crippen LogP contribution in [-0.4, -0.2) is 18.1 Å². The minimum atomic E-state index is -1.09. The van der Waals surface area contributed by atoms with Crippen molar-refractivity contribution >= 4 is 17.2 Å². The van der Waals surface area contributed by atoms with Gasteiger partial charge in [-0.2, -0.15) is 4.31 Å². The third kappa shape index (κ3) is 1.97. The second-order valence-corrected chi connectivity index (χ2v) is 4.97. The molecule has 1 aliphatic rings. The lowest BCUT2D eigenvalue weighted by molar-refractivity contribution is 0.583. The van der Waals surface area contributed by atoms with E-state index in [0.717, 1.165) is 25.1 Å². The highest BCUT2D eigenvalue weighted by Crippen LogP contribution is 2.30. The Kier molecular flexibility index (Phi) is 3.19. The summed E-state index contributed by atoms with van der Waals surface area (Å²) in [5.41, 5.74) is 3.78. The van der Waals surface area contributed by atoms with Crippen molar-refractivity contribution in [1.29, 1.82) is 0 Å². The van der Waals surface area contributed by atoms with Gasteiger partial charge in [0.25, 0.3) is 0 Å². The molecular weight excluding hydrogens is 208 g/mol. The molecule has 0 amide bonds. The predicted molar refractivity (Wildman–Crippen MR) is 64.1 cm³/mol. The SMILES string of the molecule is CCc1ccc2c(c1)CCN2[S+]([O-])NC. The van der Waals surface area contributed by atoms with Gasteiger partial charge in [0.1, 0.15) is 0 Å². The van der Waals surface area contributed by atoms with Crippen LogP contribution < -0.4 is 9.03 Å².